The van der Waals surface area contributed by atoms with Gasteiger partial charge in [-0.05, 0) is 37.1 Å². The van der Waals surface area contributed by atoms with Gasteiger partial charge in [-0.1, -0.05) is 6.07 Å². The number of nitrogens with two attached hydrogens (primary N) is 1. The van der Waals surface area contributed by atoms with E-state index < -0.39 is 12.1 Å². The number of aliphatic hydroxyl groups excluding tert-OH is 1. The van der Waals surface area contributed by atoms with Crippen molar-refractivity contribution in [3.8, 4) is 5.75 Å². The summed E-state index contributed by atoms with van der Waals surface area (Å²) in [4.78, 5) is 10.9. The molecule has 19 heavy (non-hydrogen) atoms. The number of fused-ring (bicyclic) bond motifs is 1. The average molecular weight is 288 g/mol. The molecule has 0 heterocycles. The van der Waals surface area contributed by atoms with E-state index in [0.717, 1.165) is 12.0 Å². The minimum Gasteiger partial charge on any atom is -0.506 e. The number of primary amides is 1. The number of benzene rings is 1. The minimum absolute atomic E-state index is 0. The average Bonchev–Trinajstić information content (AvgIpc) is 2.33. The van der Waals surface area contributed by atoms with Crippen LogP contribution < -0.4 is 16.4 Å². The largest absolute Gasteiger partial charge is 0.506 e. The van der Waals surface area contributed by atoms with Gasteiger partial charge in [-0.15, -0.1) is 12.4 Å². The molecule has 0 aromatic heterocycles. The molecule has 7 heteroatoms. The van der Waals surface area contributed by atoms with Crippen LogP contribution in [0.15, 0.2) is 12.1 Å². The molecule has 0 saturated heterocycles. The summed E-state index contributed by atoms with van der Waals surface area (Å²) < 4.78 is 0. The number of likely N-dealkylation sites (N-methyl/N-ethyl adjacent to an activating group) is 1. The van der Waals surface area contributed by atoms with Crippen LogP contribution in [0.3, 0.4) is 0 Å². The summed E-state index contributed by atoms with van der Waals surface area (Å²) in [5.74, 6) is -0.0392. The Kier molecular flexibility index (Phi) is 4.99. The zero-order chi connectivity index (χ0) is 13.3. The van der Waals surface area contributed by atoms with Gasteiger partial charge >= 0.3 is 6.03 Å². The molecule has 0 radical (unpaired) electrons. The molecule has 0 saturated carbocycles. The predicted octanol–water partition coefficient (Wildman–Crippen LogP) is 0.872. The minimum atomic E-state index is -0.732. The summed E-state index contributed by atoms with van der Waals surface area (Å²) in [7, 11) is 1.79. The number of carbonyl (C=O) groups excluding carboxylic acids is 1. The zero-order valence-corrected chi connectivity index (χ0v) is 11.3. The maximum Gasteiger partial charge on any atom is 0.316 e. The molecule has 0 spiro atoms. The number of hydrogen-bond acceptors (Lipinski definition) is 4. The standard InChI is InChI=1S/C12H17N3O3.ClH/c1-14-8-4-2-6-7(11(8)17)3-5-9(16)10(6)15-12(13)18;/h3,5,8,11,14,16-17H,2,4H2,1H3,(H3,13,15,18);1H/t8-,11-;/m1./s1. The molecule has 2 amide bonds. The lowest BCUT2D eigenvalue weighted by molar-refractivity contribution is 0.119. The Hall–Kier alpha value is -1.50. The van der Waals surface area contributed by atoms with Crippen LogP contribution in [0.2, 0.25) is 0 Å². The monoisotopic (exact) mass is 287 g/mol. The van der Waals surface area contributed by atoms with Crippen LogP contribution in [0.25, 0.3) is 0 Å². The van der Waals surface area contributed by atoms with Crippen molar-refractivity contribution >= 4 is 24.1 Å². The van der Waals surface area contributed by atoms with Crippen LogP contribution >= 0.6 is 12.4 Å². The molecule has 1 aromatic carbocycles. The molecule has 2 rings (SSSR count). The molecule has 1 aliphatic rings. The van der Waals surface area contributed by atoms with Crippen LogP contribution in [-0.2, 0) is 6.42 Å². The molecular weight excluding hydrogens is 270 g/mol. The van der Waals surface area contributed by atoms with Gasteiger partial charge in [0.1, 0.15) is 5.75 Å². The zero-order valence-electron chi connectivity index (χ0n) is 10.5. The Balaban J connectivity index is 0.00000180. The first-order valence-electron chi connectivity index (χ1n) is 5.81. The van der Waals surface area contributed by atoms with Crippen LogP contribution in [0, 0.1) is 0 Å². The van der Waals surface area contributed by atoms with E-state index in [4.69, 9.17) is 5.73 Å². The van der Waals surface area contributed by atoms with Crippen molar-refractivity contribution in [3.05, 3.63) is 23.3 Å². The third kappa shape index (κ3) is 2.91. The molecule has 1 aromatic rings. The van der Waals surface area contributed by atoms with Crippen LogP contribution in [0.1, 0.15) is 23.7 Å². The first-order valence-corrected chi connectivity index (χ1v) is 5.81. The molecule has 1 aliphatic carbocycles. The Morgan fingerprint density at radius 1 is 1.47 bits per heavy atom. The number of hydrogen-bond donors (Lipinski definition) is 5. The van der Waals surface area contributed by atoms with Crippen LogP contribution in [0.4, 0.5) is 10.5 Å². The van der Waals surface area contributed by atoms with Gasteiger partial charge in [0.2, 0.25) is 0 Å². The molecule has 6 nitrogen and oxygen atoms in total. The van der Waals surface area contributed by atoms with E-state index in [0.29, 0.717) is 17.7 Å². The normalized spacial score (nSPS) is 21.2. The summed E-state index contributed by atoms with van der Waals surface area (Å²) >= 11 is 0. The maximum atomic E-state index is 10.9. The topological polar surface area (TPSA) is 108 Å². The number of aromatic hydroxyl groups is 1. The van der Waals surface area contributed by atoms with Gasteiger partial charge in [-0.2, -0.15) is 0 Å². The van der Waals surface area contributed by atoms with Gasteiger partial charge in [-0.25, -0.2) is 4.79 Å². The molecule has 106 valence electrons. The van der Waals surface area contributed by atoms with Gasteiger partial charge in [0.25, 0.3) is 0 Å². The van der Waals surface area contributed by atoms with Gasteiger partial charge in [0.05, 0.1) is 11.8 Å². The number of phenols is 1. The van der Waals surface area contributed by atoms with Crippen molar-refractivity contribution in [2.24, 2.45) is 5.73 Å². The Bertz CT molecular complexity index is 482. The third-order valence-corrected chi connectivity index (χ3v) is 3.35. The van der Waals surface area contributed by atoms with Gasteiger partial charge < -0.3 is 26.6 Å². The van der Waals surface area contributed by atoms with E-state index in [-0.39, 0.29) is 24.2 Å². The summed E-state index contributed by atoms with van der Waals surface area (Å²) in [6.07, 6.45) is 0.719. The first-order chi connectivity index (χ1) is 8.54. The number of nitrogens with one attached hydrogen (secondary N) is 2. The smallest absolute Gasteiger partial charge is 0.316 e. The van der Waals surface area contributed by atoms with E-state index in [1.54, 1.807) is 13.1 Å². The van der Waals surface area contributed by atoms with Crippen molar-refractivity contribution in [2.75, 3.05) is 12.4 Å². The fourth-order valence-corrected chi connectivity index (χ4v) is 2.44. The fraction of sp³-hybridized carbons (Fsp3) is 0.417. The number of urea groups is 1. The van der Waals surface area contributed by atoms with Crippen LogP contribution in [0.5, 0.6) is 5.75 Å². The van der Waals surface area contributed by atoms with Crippen molar-refractivity contribution in [1.29, 1.82) is 0 Å². The van der Waals surface area contributed by atoms with Gasteiger partial charge in [0.15, 0.2) is 0 Å². The lowest BCUT2D eigenvalue weighted by Gasteiger charge is -2.31. The number of carbonyl (C=O) groups is 1. The lowest BCUT2D eigenvalue weighted by Crippen LogP contribution is -2.36. The maximum absolute atomic E-state index is 10.9. The summed E-state index contributed by atoms with van der Waals surface area (Å²) in [5.41, 5.74) is 6.83. The molecule has 2 atom stereocenters. The number of halogens is 1. The van der Waals surface area contributed by atoms with E-state index >= 15 is 0 Å². The summed E-state index contributed by atoms with van der Waals surface area (Å²) in [6.45, 7) is 0. The highest BCUT2D eigenvalue weighted by Crippen LogP contribution is 2.38. The van der Waals surface area contributed by atoms with Crippen LogP contribution in [-0.4, -0.2) is 29.3 Å². The second-order valence-corrected chi connectivity index (χ2v) is 4.40. The summed E-state index contributed by atoms with van der Waals surface area (Å²) in [6, 6.07) is 2.36. The number of amides is 2. The predicted molar refractivity (Wildman–Crippen MR) is 74.7 cm³/mol. The fourth-order valence-electron chi connectivity index (χ4n) is 2.44. The highest BCUT2D eigenvalue weighted by atomic mass is 35.5. The molecular formula is C12H18ClN3O3. The molecule has 0 bridgehead atoms. The molecule has 0 aliphatic heterocycles. The highest BCUT2D eigenvalue weighted by molar-refractivity contribution is 5.91. The van der Waals surface area contributed by atoms with Crippen molar-refractivity contribution < 1.29 is 15.0 Å². The quantitative estimate of drug-likeness (QED) is 0.520. The second kappa shape index (κ2) is 6.10. The van der Waals surface area contributed by atoms with Crippen molar-refractivity contribution in [1.82, 2.24) is 5.32 Å². The Labute approximate surface area is 117 Å². The van der Waals surface area contributed by atoms with Gasteiger partial charge in [-0.3, -0.25) is 0 Å². The molecule has 6 N–H and O–H groups in total. The SMILES string of the molecule is CN[C@@H]1CCc2c(ccc(O)c2NC(N)=O)[C@H]1O.Cl. The van der Waals surface area contributed by atoms with Crippen molar-refractivity contribution in [2.45, 2.75) is 25.0 Å². The van der Waals surface area contributed by atoms with E-state index in [2.05, 4.69) is 10.6 Å². The lowest BCUT2D eigenvalue weighted by atomic mass is 9.84. The molecule has 0 unspecified atom stereocenters. The third-order valence-electron chi connectivity index (χ3n) is 3.35. The van der Waals surface area contributed by atoms with E-state index in [9.17, 15) is 15.0 Å². The van der Waals surface area contributed by atoms with Gasteiger partial charge in [0, 0.05) is 6.04 Å². The summed E-state index contributed by atoms with van der Waals surface area (Å²) in [5, 5.41) is 25.4. The molecule has 0 fully saturated rings. The van der Waals surface area contributed by atoms with Crippen molar-refractivity contribution in [3.63, 3.8) is 0 Å². The Morgan fingerprint density at radius 2 is 2.16 bits per heavy atom. The second-order valence-electron chi connectivity index (χ2n) is 4.40. The van der Waals surface area contributed by atoms with E-state index in [1.165, 1.54) is 6.07 Å². The Morgan fingerprint density at radius 3 is 2.74 bits per heavy atom. The number of aliphatic hydroxyl groups is 1. The number of phenolic OH excluding ortho intramolecular Hbond substituents is 1. The number of anilines is 1. The van der Waals surface area contributed by atoms with E-state index in [1.807, 2.05) is 0 Å². The first kappa shape index (κ1) is 15.6. The highest BCUT2D eigenvalue weighted by Gasteiger charge is 2.29. The number of rotatable bonds is 2.